The van der Waals surface area contributed by atoms with Crippen molar-refractivity contribution in [1.82, 2.24) is 0 Å². The van der Waals surface area contributed by atoms with Crippen LogP contribution in [0.3, 0.4) is 0 Å². The smallest absolute Gasteiger partial charge is 0.126 e. The van der Waals surface area contributed by atoms with Gasteiger partial charge in [-0.1, -0.05) is 18.2 Å². The van der Waals surface area contributed by atoms with Crippen LogP contribution >= 0.6 is 0 Å². The molecule has 0 radical (unpaired) electrons. The average Bonchev–Trinajstić information content (AvgIpc) is 3.04. The first-order chi connectivity index (χ1) is 11.7. The van der Waals surface area contributed by atoms with Crippen LogP contribution in [0.25, 0.3) is 0 Å². The SMILES string of the molecule is CCOCc1cc(OC)c(C2CCc3c(C)cccc32)c(OC)c1. The first kappa shape index (κ1) is 16.8. The predicted octanol–water partition coefficient (Wildman–Crippen LogP) is 4.63. The fourth-order valence-electron chi connectivity index (χ4n) is 3.78. The molecule has 0 saturated carbocycles. The summed E-state index contributed by atoms with van der Waals surface area (Å²) in [6.07, 6.45) is 2.21. The van der Waals surface area contributed by atoms with Gasteiger partial charge >= 0.3 is 0 Å². The van der Waals surface area contributed by atoms with Gasteiger partial charge in [0.15, 0.2) is 0 Å². The van der Waals surface area contributed by atoms with E-state index in [4.69, 9.17) is 14.2 Å². The Hall–Kier alpha value is -2.00. The number of fused-ring (bicyclic) bond motifs is 1. The number of aryl methyl sites for hydroxylation is 1. The summed E-state index contributed by atoms with van der Waals surface area (Å²) in [7, 11) is 3.46. The minimum Gasteiger partial charge on any atom is -0.496 e. The topological polar surface area (TPSA) is 27.7 Å². The van der Waals surface area contributed by atoms with Crippen molar-refractivity contribution in [2.75, 3.05) is 20.8 Å². The van der Waals surface area contributed by atoms with Gasteiger partial charge in [0.25, 0.3) is 0 Å². The monoisotopic (exact) mass is 326 g/mol. The minimum absolute atomic E-state index is 0.325. The van der Waals surface area contributed by atoms with Crippen LogP contribution in [0, 0.1) is 6.92 Å². The maximum atomic E-state index is 5.73. The number of hydrogen-bond donors (Lipinski definition) is 0. The van der Waals surface area contributed by atoms with Gasteiger partial charge in [0.1, 0.15) is 11.5 Å². The highest BCUT2D eigenvalue weighted by molar-refractivity contribution is 5.56. The summed E-state index contributed by atoms with van der Waals surface area (Å²) in [5.41, 5.74) is 6.50. The molecule has 0 saturated heterocycles. The van der Waals surface area contributed by atoms with Crippen LogP contribution in [0.1, 0.15) is 47.1 Å². The highest BCUT2D eigenvalue weighted by Gasteiger charge is 2.30. The van der Waals surface area contributed by atoms with Crippen molar-refractivity contribution in [3.05, 3.63) is 58.1 Å². The predicted molar refractivity (Wildman–Crippen MR) is 96.2 cm³/mol. The lowest BCUT2D eigenvalue weighted by molar-refractivity contribution is 0.133. The van der Waals surface area contributed by atoms with Gasteiger partial charge in [-0.25, -0.2) is 0 Å². The third-order valence-corrected chi connectivity index (χ3v) is 4.93. The molecule has 0 aliphatic heterocycles. The molecule has 0 amide bonds. The van der Waals surface area contributed by atoms with Gasteiger partial charge in [0.05, 0.1) is 20.8 Å². The highest BCUT2D eigenvalue weighted by atomic mass is 16.5. The van der Waals surface area contributed by atoms with Crippen LogP contribution in [-0.2, 0) is 17.8 Å². The van der Waals surface area contributed by atoms with Gasteiger partial charge in [-0.3, -0.25) is 0 Å². The molecule has 1 atom stereocenters. The van der Waals surface area contributed by atoms with Crippen LogP contribution in [0.5, 0.6) is 11.5 Å². The van der Waals surface area contributed by atoms with E-state index >= 15 is 0 Å². The molecule has 0 N–H and O–H groups in total. The van der Waals surface area contributed by atoms with Crippen molar-refractivity contribution in [2.45, 2.75) is 39.2 Å². The molecule has 0 bridgehead atoms. The number of methoxy groups -OCH3 is 2. The van der Waals surface area contributed by atoms with Crippen LogP contribution < -0.4 is 9.47 Å². The normalized spacial score (nSPS) is 16.1. The zero-order valence-electron chi connectivity index (χ0n) is 15.0. The second-order valence-electron chi connectivity index (χ2n) is 6.29. The summed E-state index contributed by atoms with van der Waals surface area (Å²) in [6, 6.07) is 10.8. The molecule has 0 spiro atoms. The molecule has 3 nitrogen and oxygen atoms in total. The number of rotatable bonds is 6. The molecule has 2 aromatic carbocycles. The Morgan fingerprint density at radius 1 is 1.08 bits per heavy atom. The first-order valence-corrected chi connectivity index (χ1v) is 8.60. The molecule has 0 aromatic heterocycles. The second kappa shape index (κ2) is 7.27. The second-order valence-corrected chi connectivity index (χ2v) is 6.29. The van der Waals surface area contributed by atoms with E-state index in [0.717, 1.165) is 35.5 Å². The molecule has 1 unspecified atom stereocenters. The van der Waals surface area contributed by atoms with Crippen LogP contribution in [0.2, 0.25) is 0 Å². The Kier molecular flexibility index (Phi) is 5.10. The van der Waals surface area contributed by atoms with E-state index in [9.17, 15) is 0 Å². The third-order valence-electron chi connectivity index (χ3n) is 4.93. The number of ether oxygens (including phenoxy) is 3. The lowest BCUT2D eigenvalue weighted by atomic mass is 9.90. The fourth-order valence-corrected chi connectivity index (χ4v) is 3.78. The third kappa shape index (κ3) is 3.01. The van der Waals surface area contributed by atoms with Gasteiger partial charge in [-0.2, -0.15) is 0 Å². The Balaban J connectivity index is 2.07. The Morgan fingerprint density at radius 3 is 2.42 bits per heavy atom. The van der Waals surface area contributed by atoms with Gasteiger partial charge in [0.2, 0.25) is 0 Å². The summed E-state index contributed by atoms with van der Waals surface area (Å²) in [4.78, 5) is 0. The molecule has 1 aliphatic rings. The number of hydrogen-bond acceptors (Lipinski definition) is 3. The van der Waals surface area contributed by atoms with E-state index in [1.54, 1.807) is 14.2 Å². The Labute approximate surface area is 144 Å². The minimum atomic E-state index is 0.325. The molecule has 0 heterocycles. The Morgan fingerprint density at radius 2 is 1.79 bits per heavy atom. The molecule has 2 aromatic rings. The Bertz CT molecular complexity index is 696. The van der Waals surface area contributed by atoms with Gasteiger partial charge in [0, 0.05) is 18.1 Å². The molecule has 1 aliphatic carbocycles. The van der Waals surface area contributed by atoms with E-state index in [2.05, 4.69) is 37.3 Å². The quantitative estimate of drug-likeness (QED) is 0.775. The summed E-state index contributed by atoms with van der Waals surface area (Å²) in [6.45, 7) is 5.47. The first-order valence-electron chi connectivity index (χ1n) is 8.60. The van der Waals surface area contributed by atoms with Crippen molar-refractivity contribution in [3.8, 4) is 11.5 Å². The van der Waals surface area contributed by atoms with Gasteiger partial charge in [-0.05, 0) is 61.1 Å². The largest absolute Gasteiger partial charge is 0.496 e. The highest BCUT2D eigenvalue weighted by Crippen LogP contribution is 2.47. The van der Waals surface area contributed by atoms with Crippen LogP contribution in [-0.4, -0.2) is 20.8 Å². The van der Waals surface area contributed by atoms with E-state index in [-0.39, 0.29) is 0 Å². The summed E-state index contributed by atoms with van der Waals surface area (Å²) in [5, 5.41) is 0. The molecule has 0 fully saturated rings. The lowest BCUT2D eigenvalue weighted by Gasteiger charge is -2.21. The number of benzene rings is 2. The molecule has 3 rings (SSSR count). The standard InChI is InChI=1S/C21H26O3/c1-5-24-13-15-11-19(22-3)21(20(12-15)23-4)18-10-9-16-14(2)7-6-8-17(16)18/h6-8,11-12,18H,5,9-10,13H2,1-4H3. The van der Waals surface area contributed by atoms with Gasteiger partial charge in [-0.15, -0.1) is 0 Å². The molecule has 128 valence electrons. The molecular weight excluding hydrogens is 300 g/mol. The summed E-state index contributed by atoms with van der Waals surface area (Å²) < 4.78 is 17.0. The van der Waals surface area contributed by atoms with E-state index < -0.39 is 0 Å². The van der Waals surface area contributed by atoms with Crippen molar-refractivity contribution in [1.29, 1.82) is 0 Å². The average molecular weight is 326 g/mol. The van der Waals surface area contributed by atoms with Crippen LogP contribution in [0.4, 0.5) is 0 Å². The van der Waals surface area contributed by atoms with Gasteiger partial charge < -0.3 is 14.2 Å². The molecule has 24 heavy (non-hydrogen) atoms. The van der Waals surface area contributed by atoms with Crippen molar-refractivity contribution < 1.29 is 14.2 Å². The van der Waals surface area contributed by atoms with E-state index in [1.165, 1.54) is 16.7 Å². The summed E-state index contributed by atoms with van der Waals surface area (Å²) in [5.74, 6) is 2.11. The summed E-state index contributed by atoms with van der Waals surface area (Å²) >= 11 is 0. The molecule has 3 heteroatoms. The van der Waals surface area contributed by atoms with Crippen molar-refractivity contribution in [3.63, 3.8) is 0 Å². The fraction of sp³-hybridized carbons (Fsp3) is 0.429. The van der Waals surface area contributed by atoms with Crippen molar-refractivity contribution in [2.24, 2.45) is 0 Å². The maximum absolute atomic E-state index is 5.73. The van der Waals surface area contributed by atoms with E-state index in [1.807, 2.05) is 6.92 Å². The molecular formula is C21H26O3. The lowest BCUT2D eigenvalue weighted by Crippen LogP contribution is -2.05. The zero-order valence-corrected chi connectivity index (χ0v) is 15.0. The van der Waals surface area contributed by atoms with E-state index in [0.29, 0.717) is 19.1 Å². The zero-order chi connectivity index (χ0) is 17.1. The maximum Gasteiger partial charge on any atom is 0.126 e. The van der Waals surface area contributed by atoms with Crippen LogP contribution in [0.15, 0.2) is 30.3 Å². The van der Waals surface area contributed by atoms with Crippen molar-refractivity contribution >= 4 is 0 Å².